The molecule has 0 aliphatic carbocycles. The Morgan fingerprint density at radius 2 is 2.21 bits per heavy atom. The fourth-order valence-electron chi connectivity index (χ4n) is 3.60. The number of anilines is 1. The van der Waals surface area contributed by atoms with Crippen LogP contribution in [0.15, 0.2) is 42.1 Å². The molecule has 1 aliphatic heterocycles. The highest BCUT2D eigenvalue weighted by Gasteiger charge is 2.40. The first-order valence-corrected chi connectivity index (χ1v) is 10.5. The van der Waals surface area contributed by atoms with E-state index in [-0.39, 0.29) is 13.1 Å². The van der Waals surface area contributed by atoms with Crippen LogP contribution in [0.2, 0.25) is 0 Å². The van der Waals surface area contributed by atoms with E-state index in [0.29, 0.717) is 23.7 Å². The number of rotatable bonds is 9. The summed E-state index contributed by atoms with van der Waals surface area (Å²) in [5.41, 5.74) is 7.26. The topological polar surface area (TPSA) is 138 Å². The maximum absolute atomic E-state index is 13.7. The Bertz CT molecular complexity index is 943. The van der Waals surface area contributed by atoms with E-state index in [2.05, 4.69) is 25.9 Å². The molecule has 4 unspecified atom stereocenters. The van der Waals surface area contributed by atoms with E-state index in [1.54, 1.807) is 25.3 Å². The molecule has 12 heteroatoms. The van der Waals surface area contributed by atoms with Crippen LogP contribution in [0, 0.1) is 10.8 Å². The van der Waals surface area contributed by atoms with Crippen molar-refractivity contribution in [2.45, 2.75) is 31.8 Å². The summed E-state index contributed by atoms with van der Waals surface area (Å²) in [5, 5.41) is 9.46. The van der Waals surface area contributed by atoms with Gasteiger partial charge in [-0.2, -0.15) is 0 Å². The van der Waals surface area contributed by atoms with Crippen molar-refractivity contribution in [2.75, 3.05) is 32.5 Å². The van der Waals surface area contributed by atoms with E-state index in [1.807, 2.05) is 25.1 Å². The van der Waals surface area contributed by atoms with Crippen LogP contribution in [-0.4, -0.2) is 71.3 Å². The first-order chi connectivity index (χ1) is 15.8. The number of carbonyl (C=O) groups excluding carboxylic acids is 1. The molecule has 0 saturated carbocycles. The zero-order chi connectivity index (χ0) is 24.0. The van der Waals surface area contributed by atoms with Crippen LogP contribution in [0.4, 0.5) is 10.1 Å². The second-order valence-electron chi connectivity index (χ2n) is 8.23. The summed E-state index contributed by atoms with van der Waals surface area (Å²) in [6.45, 7) is 2.11. The van der Waals surface area contributed by atoms with E-state index in [0.717, 1.165) is 10.7 Å². The second-order valence-corrected chi connectivity index (χ2v) is 8.23. The predicted molar refractivity (Wildman–Crippen MR) is 121 cm³/mol. The van der Waals surface area contributed by atoms with Gasteiger partial charge < -0.3 is 20.7 Å². The molecule has 0 radical (unpaired) electrons. The molecule has 2 aromatic rings. The summed E-state index contributed by atoms with van der Waals surface area (Å²) in [7, 11) is 3.91. The van der Waals surface area contributed by atoms with Gasteiger partial charge in [0.2, 0.25) is 5.91 Å². The van der Waals surface area contributed by atoms with Gasteiger partial charge in [0.05, 0.1) is 35.8 Å². The van der Waals surface area contributed by atoms with Crippen LogP contribution in [-0.2, 0) is 11.3 Å². The summed E-state index contributed by atoms with van der Waals surface area (Å²) in [6.07, 6.45) is 2.46. The Balaban J connectivity index is 1.76. The number of nitrogens with one attached hydrogen (secondary N) is 2. The lowest BCUT2D eigenvalue weighted by Crippen LogP contribution is -2.62. The molecular weight excluding hydrogens is 431 g/mol. The van der Waals surface area contributed by atoms with Crippen molar-refractivity contribution in [1.29, 1.82) is 0 Å². The third kappa shape index (κ3) is 6.40. The SMILES string of the molecule is CC(N)C(C(=O)Nc1cnccc1Oc1ccc(CN(C)C)nc1)C1NCC(F)CN1N=O. The van der Waals surface area contributed by atoms with E-state index in [4.69, 9.17) is 10.5 Å². The lowest BCUT2D eigenvalue weighted by molar-refractivity contribution is -0.124. The molecule has 4 N–H and O–H groups in total. The normalized spacial score (nSPS) is 20.2. The average molecular weight is 461 g/mol. The highest BCUT2D eigenvalue weighted by Crippen LogP contribution is 2.29. The fourth-order valence-corrected chi connectivity index (χ4v) is 3.60. The number of halogens is 1. The molecule has 178 valence electrons. The zero-order valence-electron chi connectivity index (χ0n) is 18.8. The van der Waals surface area contributed by atoms with Crippen LogP contribution in [0.1, 0.15) is 12.6 Å². The first kappa shape index (κ1) is 24.4. The second kappa shape index (κ2) is 11.1. The minimum absolute atomic E-state index is 0.00867. The zero-order valence-corrected chi connectivity index (χ0v) is 18.8. The van der Waals surface area contributed by atoms with Gasteiger partial charge in [-0.15, -0.1) is 4.91 Å². The van der Waals surface area contributed by atoms with Crippen molar-refractivity contribution < 1.29 is 13.9 Å². The maximum atomic E-state index is 13.7. The molecule has 1 aliphatic rings. The van der Waals surface area contributed by atoms with E-state index in [1.165, 1.54) is 12.4 Å². The lowest BCUT2D eigenvalue weighted by Gasteiger charge is -2.39. The van der Waals surface area contributed by atoms with E-state index >= 15 is 0 Å². The third-order valence-electron chi connectivity index (χ3n) is 5.11. The number of nitroso groups, excluding NO2 is 1. The number of aromatic nitrogens is 2. The van der Waals surface area contributed by atoms with Gasteiger partial charge in [0.15, 0.2) is 5.75 Å². The van der Waals surface area contributed by atoms with Crippen LogP contribution < -0.4 is 21.1 Å². The standard InChI is InChI=1S/C21H29FN8O3/c1-13(23)19(20-26-8-14(22)11-30(20)28-32)21(31)27-17-10-24-7-6-18(17)33-16-5-4-15(25-9-16)12-29(2)3/h4-7,9-10,13-14,19-20,26H,8,11-12,23H2,1-3H3,(H,27,31). The molecular formula is C21H29FN8O3. The first-order valence-electron chi connectivity index (χ1n) is 10.5. The molecule has 3 rings (SSSR count). The van der Waals surface area contributed by atoms with Gasteiger partial charge in [0.1, 0.15) is 23.8 Å². The van der Waals surface area contributed by atoms with E-state index < -0.39 is 30.2 Å². The summed E-state index contributed by atoms with van der Waals surface area (Å²) < 4.78 is 19.6. The molecule has 1 saturated heterocycles. The average Bonchev–Trinajstić information content (AvgIpc) is 2.77. The Hall–Kier alpha value is -3.22. The number of hydrogen-bond acceptors (Lipinski definition) is 9. The van der Waals surface area contributed by atoms with Crippen molar-refractivity contribution in [1.82, 2.24) is 25.2 Å². The summed E-state index contributed by atoms with van der Waals surface area (Å²) in [6, 6.07) is 4.60. The highest BCUT2D eigenvalue weighted by molar-refractivity contribution is 5.94. The number of carbonyl (C=O) groups is 1. The van der Waals surface area contributed by atoms with Gasteiger partial charge in [-0.1, -0.05) is 0 Å². The summed E-state index contributed by atoms with van der Waals surface area (Å²) in [4.78, 5) is 34.8. The smallest absolute Gasteiger partial charge is 0.232 e. The van der Waals surface area contributed by atoms with Gasteiger partial charge >= 0.3 is 0 Å². The van der Waals surface area contributed by atoms with Crippen LogP contribution >= 0.6 is 0 Å². The van der Waals surface area contributed by atoms with Gasteiger partial charge in [0.25, 0.3) is 0 Å². The number of alkyl halides is 1. The number of hydrogen-bond donors (Lipinski definition) is 3. The molecule has 0 spiro atoms. The third-order valence-corrected chi connectivity index (χ3v) is 5.11. The molecule has 33 heavy (non-hydrogen) atoms. The molecule has 1 fully saturated rings. The summed E-state index contributed by atoms with van der Waals surface area (Å²) >= 11 is 0. The van der Waals surface area contributed by atoms with Crippen LogP contribution in [0.5, 0.6) is 11.5 Å². The molecule has 3 heterocycles. The predicted octanol–water partition coefficient (Wildman–Crippen LogP) is 1.48. The van der Waals surface area contributed by atoms with Gasteiger partial charge in [-0.25, -0.2) is 9.40 Å². The van der Waals surface area contributed by atoms with Gasteiger partial charge in [-0.05, 0) is 33.2 Å². The van der Waals surface area contributed by atoms with Gasteiger partial charge in [-0.3, -0.25) is 20.1 Å². The molecule has 11 nitrogen and oxygen atoms in total. The molecule has 0 aromatic carbocycles. The van der Waals surface area contributed by atoms with Gasteiger partial charge in [0, 0.05) is 31.4 Å². The lowest BCUT2D eigenvalue weighted by atomic mass is 9.95. The highest BCUT2D eigenvalue weighted by atomic mass is 19.1. The molecule has 0 bridgehead atoms. The van der Waals surface area contributed by atoms with Crippen molar-refractivity contribution in [3.05, 3.63) is 47.4 Å². The number of nitrogens with zero attached hydrogens (tertiary/aromatic N) is 5. The Morgan fingerprint density at radius 3 is 2.85 bits per heavy atom. The molecule has 4 atom stereocenters. The number of ether oxygens (including phenoxy) is 1. The van der Waals surface area contributed by atoms with Crippen molar-refractivity contribution in [3.63, 3.8) is 0 Å². The minimum Gasteiger partial charge on any atom is -0.453 e. The minimum atomic E-state index is -1.27. The molecule has 1 amide bonds. The molecule has 2 aromatic heterocycles. The largest absolute Gasteiger partial charge is 0.453 e. The Kier molecular flexibility index (Phi) is 8.20. The number of amides is 1. The maximum Gasteiger partial charge on any atom is 0.232 e. The Labute approximate surface area is 191 Å². The summed E-state index contributed by atoms with van der Waals surface area (Å²) in [5.74, 6) is -0.530. The number of pyridine rings is 2. The van der Waals surface area contributed by atoms with Crippen molar-refractivity contribution >= 4 is 11.6 Å². The van der Waals surface area contributed by atoms with E-state index in [9.17, 15) is 14.1 Å². The monoisotopic (exact) mass is 460 g/mol. The quantitative estimate of drug-likeness (QED) is 0.475. The van der Waals surface area contributed by atoms with Crippen LogP contribution in [0.25, 0.3) is 0 Å². The fraction of sp³-hybridized carbons (Fsp3) is 0.476. The van der Waals surface area contributed by atoms with Crippen molar-refractivity contribution in [3.8, 4) is 11.5 Å². The Morgan fingerprint density at radius 1 is 1.42 bits per heavy atom. The van der Waals surface area contributed by atoms with Crippen LogP contribution in [0.3, 0.4) is 0 Å². The number of nitrogens with two attached hydrogens (primary N) is 1. The van der Waals surface area contributed by atoms with Crippen molar-refractivity contribution in [2.24, 2.45) is 16.9 Å².